The zero-order chi connectivity index (χ0) is 13.7. The van der Waals surface area contributed by atoms with Crippen molar-refractivity contribution >= 4 is 23.2 Å². The Kier molecular flexibility index (Phi) is 5.48. The zero-order valence-electron chi connectivity index (χ0n) is 10.9. The first-order chi connectivity index (χ1) is 9.20. The number of likely N-dealkylation sites (tertiary alicyclic amines) is 1. The molecule has 0 aliphatic carbocycles. The maximum atomic E-state index is 5.81. The van der Waals surface area contributed by atoms with Crippen molar-refractivity contribution in [2.45, 2.75) is 19.3 Å². The minimum absolute atomic E-state index is 0.114. The largest absolute Gasteiger partial charge is 0.477 e. The van der Waals surface area contributed by atoms with Crippen LogP contribution in [-0.4, -0.2) is 48.2 Å². The molecule has 19 heavy (non-hydrogen) atoms. The van der Waals surface area contributed by atoms with Crippen molar-refractivity contribution in [1.82, 2.24) is 14.9 Å². The highest BCUT2D eigenvalue weighted by Gasteiger charge is 2.14. The molecule has 1 aromatic rings. The highest BCUT2D eigenvalue weighted by Crippen LogP contribution is 2.28. The van der Waals surface area contributed by atoms with Crippen molar-refractivity contribution in [3.63, 3.8) is 0 Å². The molecule has 1 fully saturated rings. The van der Waals surface area contributed by atoms with E-state index in [0.29, 0.717) is 12.5 Å². The van der Waals surface area contributed by atoms with Crippen LogP contribution in [0.15, 0.2) is 0 Å². The lowest BCUT2D eigenvalue weighted by atomic mass is 10.4. The maximum absolute atomic E-state index is 5.81. The number of hydrogen-bond acceptors (Lipinski definition) is 5. The highest BCUT2D eigenvalue weighted by molar-refractivity contribution is 6.40. The smallest absolute Gasteiger partial charge is 0.279 e. The van der Waals surface area contributed by atoms with Crippen LogP contribution in [0, 0.1) is 0 Å². The van der Waals surface area contributed by atoms with Gasteiger partial charge in [-0.05, 0) is 32.4 Å². The Morgan fingerprint density at radius 3 is 2.37 bits per heavy atom. The summed E-state index contributed by atoms with van der Waals surface area (Å²) in [6, 6.07) is 0. The summed E-state index contributed by atoms with van der Waals surface area (Å²) in [6.07, 6.45) is 3.53. The molecule has 1 saturated heterocycles. The molecular weight excluding hydrogens is 289 g/mol. The van der Waals surface area contributed by atoms with Gasteiger partial charge in [-0.15, -0.1) is 0 Å². The lowest BCUT2D eigenvalue weighted by Crippen LogP contribution is -2.22. The van der Waals surface area contributed by atoms with Gasteiger partial charge in [-0.2, -0.15) is 9.97 Å². The Bertz CT molecular complexity index is 426. The Labute approximate surface area is 122 Å². The van der Waals surface area contributed by atoms with Crippen LogP contribution in [0.3, 0.4) is 0 Å². The van der Waals surface area contributed by atoms with Crippen LogP contribution >= 0.6 is 23.2 Å². The molecule has 1 aromatic heterocycles. The molecule has 0 radical (unpaired) electrons. The summed E-state index contributed by atoms with van der Waals surface area (Å²) >= 11 is 11.6. The quantitative estimate of drug-likeness (QED) is 0.756. The highest BCUT2D eigenvalue weighted by atomic mass is 35.5. The Morgan fingerprint density at radius 2 is 1.74 bits per heavy atom. The minimum Gasteiger partial charge on any atom is -0.477 e. The van der Waals surface area contributed by atoms with Gasteiger partial charge in [0.15, 0.2) is 10.3 Å². The number of aromatic nitrogens is 2. The molecule has 0 saturated carbocycles. The van der Waals surface area contributed by atoms with E-state index in [4.69, 9.17) is 32.7 Å². The number of nitrogens with zero attached hydrogens (tertiary/aromatic N) is 3. The van der Waals surface area contributed by atoms with Crippen LogP contribution in [0.2, 0.25) is 10.3 Å². The van der Waals surface area contributed by atoms with Gasteiger partial charge in [-0.25, -0.2) is 0 Å². The fraction of sp³-hybridized carbons (Fsp3) is 0.667. The second kappa shape index (κ2) is 7.12. The second-order valence-electron chi connectivity index (χ2n) is 4.37. The van der Waals surface area contributed by atoms with Crippen molar-refractivity contribution in [3.05, 3.63) is 10.3 Å². The molecule has 0 spiro atoms. The van der Waals surface area contributed by atoms with E-state index in [2.05, 4.69) is 14.9 Å². The fourth-order valence-corrected chi connectivity index (χ4v) is 2.29. The van der Waals surface area contributed by atoms with Crippen LogP contribution in [0.1, 0.15) is 19.3 Å². The molecule has 2 rings (SSSR count). The Balaban J connectivity index is 1.82. The molecule has 0 N–H and O–H groups in total. The van der Waals surface area contributed by atoms with Crippen molar-refractivity contribution in [2.75, 3.05) is 33.4 Å². The van der Waals surface area contributed by atoms with Crippen LogP contribution in [0.25, 0.3) is 0 Å². The van der Waals surface area contributed by atoms with Gasteiger partial charge in [0.05, 0.1) is 13.7 Å². The molecule has 0 unspecified atom stereocenters. The van der Waals surface area contributed by atoms with Gasteiger partial charge in [0.1, 0.15) is 0 Å². The van der Waals surface area contributed by atoms with Crippen LogP contribution in [-0.2, 0) is 0 Å². The van der Waals surface area contributed by atoms with Crippen LogP contribution in [0.4, 0.5) is 0 Å². The first-order valence-electron chi connectivity index (χ1n) is 6.33. The first kappa shape index (κ1) is 14.6. The summed E-state index contributed by atoms with van der Waals surface area (Å²) in [5.74, 6) is 0.550. The third-order valence-corrected chi connectivity index (χ3v) is 3.63. The van der Waals surface area contributed by atoms with Gasteiger partial charge in [0, 0.05) is 6.54 Å². The van der Waals surface area contributed by atoms with Gasteiger partial charge in [0.2, 0.25) is 0 Å². The minimum atomic E-state index is 0.114. The molecule has 106 valence electrons. The standard InChI is InChI=1S/C12H17Cl2N3O2/c1-18-11-12(16-10(14)9(13)15-11)19-8-4-7-17-5-2-3-6-17/h2-8H2,1H3. The third-order valence-electron chi connectivity index (χ3n) is 3.00. The first-order valence-corrected chi connectivity index (χ1v) is 7.08. The van der Waals surface area contributed by atoms with E-state index >= 15 is 0 Å². The van der Waals surface area contributed by atoms with Gasteiger partial charge >= 0.3 is 0 Å². The predicted molar refractivity (Wildman–Crippen MR) is 74.4 cm³/mol. The summed E-state index contributed by atoms with van der Waals surface area (Å²) in [4.78, 5) is 10.4. The molecule has 0 amide bonds. The van der Waals surface area contributed by atoms with Gasteiger partial charge in [-0.1, -0.05) is 23.2 Å². The molecule has 5 nitrogen and oxygen atoms in total. The summed E-state index contributed by atoms with van der Waals surface area (Å²) in [7, 11) is 1.49. The SMILES string of the molecule is COc1nc(Cl)c(Cl)nc1OCCCN1CCCC1. The number of ether oxygens (including phenoxy) is 2. The fourth-order valence-electron chi connectivity index (χ4n) is 2.06. The van der Waals surface area contributed by atoms with Crippen molar-refractivity contribution < 1.29 is 9.47 Å². The van der Waals surface area contributed by atoms with Gasteiger partial charge in [0.25, 0.3) is 11.8 Å². The zero-order valence-corrected chi connectivity index (χ0v) is 12.4. The molecule has 0 atom stereocenters. The lowest BCUT2D eigenvalue weighted by molar-refractivity contribution is 0.244. The van der Waals surface area contributed by atoms with Gasteiger partial charge < -0.3 is 14.4 Å². The predicted octanol–water partition coefficient (Wildman–Crippen LogP) is 2.66. The molecule has 1 aliphatic heterocycles. The Hall–Kier alpha value is -0.780. The molecule has 1 aliphatic rings. The number of hydrogen-bond donors (Lipinski definition) is 0. The van der Waals surface area contributed by atoms with E-state index in [0.717, 1.165) is 13.0 Å². The summed E-state index contributed by atoms with van der Waals surface area (Å²) in [5, 5.41) is 0.236. The maximum Gasteiger partial charge on any atom is 0.279 e. The van der Waals surface area contributed by atoms with Crippen molar-refractivity contribution in [2.24, 2.45) is 0 Å². The number of methoxy groups -OCH3 is 1. The van der Waals surface area contributed by atoms with Crippen molar-refractivity contribution in [3.8, 4) is 11.8 Å². The molecule has 2 heterocycles. The van der Waals surface area contributed by atoms with E-state index in [1.54, 1.807) is 0 Å². The second-order valence-corrected chi connectivity index (χ2v) is 5.09. The third kappa shape index (κ3) is 4.09. The summed E-state index contributed by atoms with van der Waals surface area (Å²) in [5.41, 5.74) is 0. The monoisotopic (exact) mass is 305 g/mol. The van der Waals surface area contributed by atoms with E-state index < -0.39 is 0 Å². The van der Waals surface area contributed by atoms with E-state index in [9.17, 15) is 0 Å². The van der Waals surface area contributed by atoms with Crippen molar-refractivity contribution in [1.29, 1.82) is 0 Å². The molecule has 0 bridgehead atoms. The molecule has 7 heteroatoms. The Morgan fingerprint density at radius 1 is 1.11 bits per heavy atom. The van der Waals surface area contributed by atoms with E-state index in [1.807, 2.05) is 0 Å². The number of halogens is 2. The summed E-state index contributed by atoms with van der Waals surface area (Å²) in [6.45, 7) is 3.97. The van der Waals surface area contributed by atoms with Crippen LogP contribution in [0.5, 0.6) is 11.8 Å². The lowest BCUT2D eigenvalue weighted by Gasteiger charge is -2.14. The van der Waals surface area contributed by atoms with Gasteiger partial charge in [-0.3, -0.25) is 0 Å². The molecular formula is C12H17Cl2N3O2. The van der Waals surface area contributed by atoms with Crippen LogP contribution < -0.4 is 9.47 Å². The molecule has 0 aromatic carbocycles. The average molecular weight is 306 g/mol. The topological polar surface area (TPSA) is 47.5 Å². The summed E-state index contributed by atoms with van der Waals surface area (Å²) < 4.78 is 10.6. The van der Waals surface area contributed by atoms with E-state index in [1.165, 1.54) is 33.0 Å². The normalized spacial score (nSPS) is 15.7. The van der Waals surface area contributed by atoms with E-state index in [-0.39, 0.29) is 16.2 Å². The average Bonchev–Trinajstić information content (AvgIpc) is 2.91. The number of rotatable bonds is 6.